The number of thiol groups is 1. The highest BCUT2D eigenvalue weighted by atomic mass is 32.1. The molecule has 29 heavy (non-hydrogen) atoms. The van der Waals surface area contributed by atoms with Crippen LogP contribution in [0.15, 0.2) is 108 Å². The molecule has 136 valence electrons. The van der Waals surface area contributed by atoms with Crippen LogP contribution in [0.5, 0.6) is 0 Å². The number of hydrogen-bond acceptors (Lipinski definition) is 1. The van der Waals surface area contributed by atoms with Gasteiger partial charge < -0.3 is 0 Å². The van der Waals surface area contributed by atoms with Crippen molar-refractivity contribution in [3.8, 4) is 23.0 Å². The van der Waals surface area contributed by atoms with Gasteiger partial charge in [0.25, 0.3) is 0 Å². The van der Waals surface area contributed by atoms with Gasteiger partial charge in [0, 0.05) is 16.0 Å². The van der Waals surface area contributed by atoms with Crippen LogP contribution < -0.4 is 0 Å². The molecule has 0 aliphatic heterocycles. The molecule has 0 fully saturated rings. The Morgan fingerprint density at radius 2 is 1.14 bits per heavy atom. The quantitative estimate of drug-likeness (QED) is 0.174. The maximum absolute atomic E-state index is 4.39. The molecule has 0 spiro atoms. The van der Waals surface area contributed by atoms with E-state index in [9.17, 15) is 0 Å². The van der Waals surface area contributed by atoms with Crippen molar-refractivity contribution < 1.29 is 0 Å². The third-order valence-corrected chi connectivity index (χ3v) is 5.48. The molecule has 5 rings (SSSR count). The van der Waals surface area contributed by atoms with E-state index < -0.39 is 0 Å². The molecule has 5 aromatic carbocycles. The van der Waals surface area contributed by atoms with E-state index >= 15 is 0 Å². The van der Waals surface area contributed by atoms with Crippen LogP contribution in [0.3, 0.4) is 0 Å². The molecule has 0 saturated heterocycles. The zero-order valence-electron chi connectivity index (χ0n) is 15.8. The second kappa shape index (κ2) is 7.51. The summed E-state index contributed by atoms with van der Waals surface area (Å²) in [5, 5.41) is 4.90. The van der Waals surface area contributed by atoms with Crippen molar-refractivity contribution in [2.45, 2.75) is 4.90 Å². The van der Waals surface area contributed by atoms with Gasteiger partial charge in [-0.05, 0) is 69.1 Å². The van der Waals surface area contributed by atoms with Gasteiger partial charge in [-0.1, -0.05) is 78.6 Å². The second-order valence-corrected chi connectivity index (χ2v) is 7.58. The van der Waals surface area contributed by atoms with Crippen LogP contribution in [0.4, 0.5) is 0 Å². The SMILES string of the molecule is Sc1ccc(-c2ccccc2C#Cc2cccc3cc4ccccc4cc23)cc1. The van der Waals surface area contributed by atoms with Gasteiger partial charge in [0.15, 0.2) is 0 Å². The van der Waals surface area contributed by atoms with Gasteiger partial charge >= 0.3 is 0 Å². The lowest BCUT2D eigenvalue weighted by Gasteiger charge is -2.06. The Balaban J connectivity index is 1.63. The van der Waals surface area contributed by atoms with Gasteiger partial charge in [-0.3, -0.25) is 0 Å². The minimum atomic E-state index is 0.959. The first-order valence-corrected chi connectivity index (χ1v) is 10.0. The minimum absolute atomic E-state index is 0.959. The summed E-state index contributed by atoms with van der Waals surface area (Å²) in [5.41, 5.74) is 4.36. The normalized spacial score (nSPS) is 10.7. The Bertz CT molecular complexity index is 1400. The van der Waals surface area contributed by atoms with Crippen LogP contribution in [0, 0.1) is 11.8 Å². The van der Waals surface area contributed by atoms with Gasteiger partial charge in [-0.2, -0.15) is 0 Å². The predicted octanol–water partition coefficient (Wildman–Crippen LogP) is 7.35. The van der Waals surface area contributed by atoms with Gasteiger partial charge in [0.05, 0.1) is 0 Å². The predicted molar refractivity (Wildman–Crippen MR) is 127 cm³/mol. The van der Waals surface area contributed by atoms with Crippen molar-refractivity contribution in [3.63, 3.8) is 0 Å². The fourth-order valence-electron chi connectivity index (χ4n) is 3.70. The first-order valence-electron chi connectivity index (χ1n) is 9.60. The van der Waals surface area contributed by atoms with Crippen molar-refractivity contribution in [3.05, 3.63) is 114 Å². The van der Waals surface area contributed by atoms with Crippen molar-refractivity contribution in [2.75, 3.05) is 0 Å². The van der Waals surface area contributed by atoms with E-state index in [1.807, 2.05) is 18.2 Å². The first kappa shape index (κ1) is 17.6. The average Bonchev–Trinajstić information content (AvgIpc) is 2.77. The molecule has 0 bridgehead atoms. The van der Waals surface area contributed by atoms with E-state index in [4.69, 9.17) is 0 Å². The van der Waals surface area contributed by atoms with Crippen LogP contribution in [0.25, 0.3) is 32.7 Å². The summed E-state index contributed by atoms with van der Waals surface area (Å²) >= 11 is 4.39. The summed E-state index contributed by atoms with van der Waals surface area (Å²) in [6, 6.07) is 35.8. The molecule has 0 aromatic heterocycles. The lowest BCUT2D eigenvalue weighted by molar-refractivity contribution is 1.46. The zero-order valence-corrected chi connectivity index (χ0v) is 16.7. The Labute approximate surface area is 176 Å². The first-order chi connectivity index (χ1) is 14.3. The average molecular weight is 387 g/mol. The summed E-state index contributed by atoms with van der Waals surface area (Å²) < 4.78 is 0. The monoisotopic (exact) mass is 386 g/mol. The third kappa shape index (κ3) is 3.51. The molecule has 0 atom stereocenters. The molecule has 0 nitrogen and oxygen atoms in total. The Morgan fingerprint density at radius 3 is 1.97 bits per heavy atom. The molecule has 0 N–H and O–H groups in total. The zero-order chi connectivity index (χ0) is 19.6. The van der Waals surface area contributed by atoms with E-state index in [1.165, 1.54) is 21.5 Å². The molecule has 1 heteroatoms. The fraction of sp³-hybridized carbons (Fsp3) is 0. The van der Waals surface area contributed by atoms with Crippen LogP contribution >= 0.6 is 12.6 Å². The highest BCUT2D eigenvalue weighted by Crippen LogP contribution is 2.27. The summed E-state index contributed by atoms with van der Waals surface area (Å²) in [7, 11) is 0. The molecule has 0 aliphatic rings. The Kier molecular flexibility index (Phi) is 4.56. The number of hydrogen-bond donors (Lipinski definition) is 1. The highest BCUT2D eigenvalue weighted by Gasteiger charge is 2.04. The lowest BCUT2D eigenvalue weighted by atomic mass is 9.98. The maximum atomic E-state index is 4.39. The van der Waals surface area contributed by atoms with Gasteiger partial charge in [0.2, 0.25) is 0 Å². The molecule has 0 radical (unpaired) electrons. The largest absolute Gasteiger partial charge is 0.143 e. The van der Waals surface area contributed by atoms with Crippen LogP contribution in [-0.4, -0.2) is 0 Å². The maximum Gasteiger partial charge on any atom is 0.0327 e. The second-order valence-electron chi connectivity index (χ2n) is 7.07. The van der Waals surface area contributed by atoms with Gasteiger partial charge in [0.1, 0.15) is 0 Å². The van der Waals surface area contributed by atoms with E-state index in [0.29, 0.717) is 0 Å². The van der Waals surface area contributed by atoms with E-state index in [1.54, 1.807) is 0 Å². The van der Waals surface area contributed by atoms with Crippen LogP contribution in [0.1, 0.15) is 11.1 Å². The molecule has 0 amide bonds. The van der Waals surface area contributed by atoms with E-state index in [-0.39, 0.29) is 0 Å². The minimum Gasteiger partial charge on any atom is -0.143 e. The molecule has 0 saturated carbocycles. The smallest absolute Gasteiger partial charge is 0.0327 e. The molecule has 0 heterocycles. The summed E-state index contributed by atoms with van der Waals surface area (Å²) in [6.07, 6.45) is 0. The summed E-state index contributed by atoms with van der Waals surface area (Å²) in [4.78, 5) is 0.959. The lowest BCUT2D eigenvalue weighted by Crippen LogP contribution is -1.85. The van der Waals surface area contributed by atoms with Crippen molar-refractivity contribution in [2.24, 2.45) is 0 Å². The molecular weight excluding hydrogens is 368 g/mol. The molecule has 0 aliphatic carbocycles. The third-order valence-electron chi connectivity index (χ3n) is 5.18. The van der Waals surface area contributed by atoms with Crippen LogP contribution in [0.2, 0.25) is 0 Å². The fourth-order valence-corrected chi connectivity index (χ4v) is 3.84. The Morgan fingerprint density at radius 1 is 0.517 bits per heavy atom. The topological polar surface area (TPSA) is 0 Å². The van der Waals surface area contributed by atoms with Crippen molar-refractivity contribution in [1.82, 2.24) is 0 Å². The van der Waals surface area contributed by atoms with Crippen LogP contribution in [-0.2, 0) is 0 Å². The summed E-state index contributed by atoms with van der Waals surface area (Å²) in [5.74, 6) is 6.84. The van der Waals surface area contributed by atoms with Gasteiger partial charge in [-0.25, -0.2) is 0 Å². The highest BCUT2D eigenvalue weighted by molar-refractivity contribution is 7.80. The van der Waals surface area contributed by atoms with Crippen molar-refractivity contribution >= 4 is 34.2 Å². The number of fused-ring (bicyclic) bond motifs is 2. The van der Waals surface area contributed by atoms with E-state index in [2.05, 4.69) is 109 Å². The molecule has 5 aromatic rings. The van der Waals surface area contributed by atoms with Crippen molar-refractivity contribution in [1.29, 1.82) is 0 Å². The molecular formula is C28H18S. The van der Waals surface area contributed by atoms with E-state index in [0.717, 1.165) is 27.1 Å². The summed E-state index contributed by atoms with van der Waals surface area (Å²) in [6.45, 7) is 0. The van der Waals surface area contributed by atoms with Gasteiger partial charge in [-0.15, -0.1) is 12.6 Å². The number of benzene rings is 5. The number of rotatable bonds is 1. The Hall–Kier alpha value is -3.47. The molecule has 0 unspecified atom stereocenters. The standard InChI is InChI=1S/C28H18S/c29-26-16-14-22(15-17-26)27-11-4-3-6-20(27)12-13-21-9-5-10-25-18-23-7-1-2-8-24(23)19-28(21)25/h1-11,14-19,29H.